The Hall–Kier alpha value is -1.09. The molecule has 0 spiro atoms. The second kappa shape index (κ2) is 3.95. The van der Waals surface area contributed by atoms with Gasteiger partial charge in [0.1, 0.15) is 6.10 Å². The normalized spacial score (nSPS) is 47.6. The Morgan fingerprint density at radius 1 is 1.39 bits per heavy atom. The molecule has 0 aromatic carbocycles. The summed E-state index contributed by atoms with van der Waals surface area (Å²) in [7, 11) is 0. The third-order valence-corrected chi connectivity index (χ3v) is 5.13. The molecule has 18 heavy (non-hydrogen) atoms. The number of allylic oxidation sites excluding steroid dienone is 1. The van der Waals surface area contributed by atoms with Gasteiger partial charge >= 0.3 is 5.97 Å². The molecule has 0 amide bonds. The van der Waals surface area contributed by atoms with E-state index in [2.05, 4.69) is 13.2 Å². The highest BCUT2D eigenvalue weighted by Gasteiger charge is 2.53. The van der Waals surface area contributed by atoms with E-state index in [1.165, 1.54) is 5.57 Å². The third kappa shape index (κ3) is 1.50. The zero-order chi connectivity index (χ0) is 13.0. The molecular weight excluding hydrogens is 228 g/mol. The number of aliphatic hydroxyl groups is 1. The van der Waals surface area contributed by atoms with Crippen molar-refractivity contribution in [1.29, 1.82) is 0 Å². The van der Waals surface area contributed by atoms with E-state index >= 15 is 0 Å². The van der Waals surface area contributed by atoms with Crippen LogP contribution in [0.4, 0.5) is 0 Å². The van der Waals surface area contributed by atoms with E-state index in [9.17, 15) is 9.90 Å². The minimum atomic E-state index is -0.467. The SMILES string of the molecule is C=C1C2[C@H]3OC(=O)[C@@H](C)C3CCC(=C)[C@@H]2C[C@@H]1O. The lowest BCUT2D eigenvalue weighted by Gasteiger charge is -2.26. The lowest BCUT2D eigenvalue weighted by molar-refractivity contribution is -0.145. The van der Waals surface area contributed by atoms with Crippen molar-refractivity contribution in [3.63, 3.8) is 0 Å². The quantitative estimate of drug-likeness (QED) is 0.527. The van der Waals surface area contributed by atoms with E-state index in [4.69, 9.17) is 4.74 Å². The van der Waals surface area contributed by atoms with E-state index in [1.807, 2.05) is 6.92 Å². The summed E-state index contributed by atoms with van der Waals surface area (Å²) < 4.78 is 5.59. The van der Waals surface area contributed by atoms with Crippen LogP contribution in [0.1, 0.15) is 26.2 Å². The van der Waals surface area contributed by atoms with E-state index < -0.39 is 6.10 Å². The number of esters is 1. The van der Waals surface area contributed by atoms with Crippen LogP contribution in [0.2, 0.25) is 0 Å². The fourth-order valence-corrected chi connectivity index (χ4v) is 3.96. The Morgan fingerprint density at radius 3 is 2.83 bits per heavy atom. The zero-order valence-electron chi connectivity index (χ0n) is 10.8. The molecule has 0 aromatic rings. The van der Waals surface area contributed by atoms with Gasteiger partial charge in [-0.25, -0.2) is 0 Å². The molecule has 1 heterocycles. The zero-order valence-corrected chi connectivity index (χ0v) is 10.8. The molecule has 3 heteroatoms. The molecule has 3 fully saturated rings. The maximum atomic E-state index is 11.8. The maximum absolute atomic E-state index is 11.8. The molecule has 3 nitrogen and oxygen atoms in total. The number of hydrogen-bond donors (Lipinski definition) is 1. The van der Waals surface area contributed by atoms with Gasteiger partial charge in [-0.15, -0.1) is 0 Å². The van der Waals surface area contributed by atoms with Crippen LogP contribution in [0.5, 0.6) is 0 Å². The van der Waals surface area contributed by atoms with Crippen molar-refractivity contribution < 1.29 is 14.6 Å². The summed E-state index contributed by atoms with van der Waals surface area (Å²) in [5.41, 5.74) is 2.02. The van der Waals surface area contributed by atoms with Gasteiger partial charge in [-0.1, -0.05) is 25.7 Å². The highest BCUT2D eigenvalue weighted by Crippen LogP contribution is 2.52. The minimum absolute atomic E-state index is 0.0351. The largest absolute Gasteiger partial charge is 0.461 e. The van der Waals surface area contributed by atoms with Crippen LogP contribution in [0.15, 0.2) is 24.3 Å². The second-order valence-electron chi connectivity index (χ2n) is 6.01. The maximum Gasteiger partial charge on any atom is 0.309 e. The number of ether oxygens (including phenoxy) is 1. The van der Waals surface area contributed by atoms with Crippen LogP contribution in [-0.2, 0) is 9.53 Å². The van der Waals surface area contributed by atoms with Crippen molar-refractivity contribution in [3.8, 4) is 0 Å². The van der Waals surface area contributed by atoms with Crippen molar-refractivity contribution in [2.24, 2.45) is 23.7 Å². The number of fused-ring (bicyclic) bond motifs is 3. The van der Waals surface area contributed by atoms with E-state index in [0.717, 1.165) is 18.4 Å². The predicted octanol–water partition coefficient (Wildman–Crippen LogP) is 2.07. The number of carbonyl (C=O) groups is 1. The molecule has 2 unspecified atom stereocenters. The molecule has 0 radical (unpaired) electrons. The van der Waals surface area contributed by atoms with Gasteiger partial charge in [0, 0.05) is 11.8 Å². The molecule has 0 aromatic heterocycles. The van der Waals surface area contributed by atoms with Gasteiger partial charge in [0.15, 0.2) is 0 Å². The summed E-state index contributed by atoms with van der Waals surface area (Å²) >= 11 is 0. The number of aliphatic hydroxyl groups excluding tert-OH is 1. The summed E-state index contributed by atoms with van der Waals surface area (Å²) in [5, 5.41) is 10.0. The molecule has 3 rings (SSSR count). The summed E-state index contributed by atoms with van der Waals surface area (Å²) in [4.78, 5) is 11.8. The predicted molar refractivity (Wildman–Crippen MR) is 67.7 cm³/mol. The summed E-state index contributed by atoms with van der Waals surface area (Å²) in [6.45, 7) is 10.1. The first-order valence-corrected chi connectivity index (χ1v) is 6.75. The molecule has 2 saturated carbocycles. The van der Waals surface area contributed by atoms with E-state index in [0.29, 0.717) is 6.42 Å². The first kappa shape index (κ1) is 12.0. The molecule has 1 N–H and O–H groups in total. The van der Waals surface area contributed by atoms with Crippen molar-refractivity contribution >= 4 is 5.97 Å². The highest BCUT2D eigenvalue weighted by atomic mass is 16.6. The Bertz CT molecular complexity index is 425. The first-order valence-electron chi connectivity index (χ1n) is 6.75. The lowest BCUT2D eigenvalue weighted by Crippen LogP contribution is -2.29. The van der Waals surface area contributed by atoms with Crippen molar-refractivity contribution in [2.45, 2.75) is 38.4 Å². The monoisotopic (exact) mass is 248 g/mol. The van der Waals surface area contributed by atoms with Crippen molar-refractivity contribution in [1.82, 2.24) is 0 Å². The average molecular weight is 248 g/mol. The van der Waals surface area contributed by atoms with Crippen molar-refractivity contribution in [3.05, 3.63) is 24.3 Å². The van der Waals surface area contributed by atoms with Gasteiger partial charge in [-0.2, -0.15) is 0 Å². The molecule has 0 bridgehead atoms. The summed E-state index contributed by atoms with van der Waals surface area (Å²) in [5.74, 6) is 0.443. The van der Waals surface area contributed by atoms with Gasteiger partial charge in [-0.3, -0.25) is 4.79 Å². The topological polar surface area (TPSA) is 46.5 Å². The average Bonchev–Trinajstić information content (AvgIpc) is 2.72. The molecular formula is C15H20O3. The number of rotatable bonds is 0. The molecule has 98 valence electrons. The van der Waals surface area contributed by atoms with Gasteiger partial charge in [-0.05, 0) is 30.8 Å². The van der Waals surface area contributed by atoms with Gasteiger partial charge in [0.25, 0.3) is 0 Å². The molecule has 3 aliphatic rings. The van der Waals surface area contributed by atoms with Crippen LogP contribution in [0.25, 0.3) is 0 Å². The molecule has 6 atom stereocenters. The van der Waals surface area contributed by atoms with Gasteiger partial charge in [0.05, 0.1) is 12.0 Å². The second-order valence-corrected chi connectivity index (χ2v) is 6.01. The van der Waals surface area contributed by atoms with Crippen LogP contribution in [-0.4, -0.2) is 23.3 Å². The third-order valence-electron chi connectivity index (χ3n) is 5.13. The van der Waals surface area contributed by atoms with Crippen LogP contribution in [0.3, 0.4) is 0 Å². The van der Waals surface area contributed by atoms with Crippen LogP contribution >= 0.6 is 0 Å². The van der Waals surface area contributed by atoms with Gasteiger partial charge < -0.3 is 9.84 Å². The standard InChI is InChI=1S/C15H20O3/c1-7-4-5-10-8(2)15(17)18-14(10)13-9(3)12(16)6-11(7)13/h8,10-14,16H,1,3-6H2,2H3/t8-,10?,11-,12-,13?,14-/m0/s1. The Morgan fingerprint density at radius 2 is 2.11 bits per heavy atom. The fraction of sp³-hybridized carbons (Fsp3) is 0.667. The van der Waals surface area contributed by atoms with E-state index in [-0.39, 0.29) is 35.7 Å². The summed E-state index contributed by atoms with van der Waals surface area (Å²) in [6.07, 6.45) is 2.03. The first-order chi connectivity index (χ1) is 8.50. The van der Waals surface area contributed by atoms with E-state index in [1.54, 1.807) is 0 Å². The molecule has 1 aliphatic heterocycles. The Kier molecular flexibility index (Phi) is 2.63. The van der Waals surface area contributed by atoms with Crippen LogP contribution < -0.4 is 0 Å². The molecule has 2 aliphatic carbocycles. The highest BCUT2D eigenvalue weighted by molar-refractivity contribution is 5.75. The summed E-state index contributed by atoms with van der Waals surface area (Å²) in [6, 6.07) is 0. The smallest absolute Gasteiger partial charge is 0.309 e. The van der Waals surface area contributed by atoms with Gasteiger partial charge in [0.2, 0.25) is 0 Å². The molecule has 1 saturated heterocycles. The fourth-order valence-electron chi connectivity index (χ4n) is 3.96. The minimum Gasteiger partial charge on any atom is -0.461 e. The van der Waals surface area contributed by atoms with Crippen LogP contribution in [0, 0.1) is 23.7 Å². The number of hydrogen-bond acceptors (Lipinski definition) is 3. The Labute approximate surface area is 108 Å². The lowest BCUT2D eigenvalue weighted by atomic mass is 9.80. The Balaban J connectivity index is 1.98. The van der Waals surface area contributed by atoms with Crippen molar-refractivity contribution in [2.75, 3.05) is 0 Å². The number of carbonyl (C=O) groups excluding carboxylic acids is 1.